The van der Waals surface area contributed by atoms with E-state index in [-0.39, 0.29) is 0 Å². The highest BCUT2D eigenvalue weighted by molar-refractivity contribution is 6.26. The van der Waals surface area contributed by atoms with Crippen molar-refractivity contribution < 1.29 is 8.78 Å². The van der Waals surface area contributed by atoms with Gasteiger partial charge in [-0.2, -0.15) is 0 Å². The van der Waals surface area contributed by atoms with Crippen molar-refractivity contribution in [2.45, 2.75) is 0 Å². The Balaban J connectivity index is 1.57. The number of fused-ring (bicyclic) bond motifs is 2. The Morgan fingerprint density at radius 1 is 0.410 bits per heavy atom. The van der Waals surface area contributed by atoms with Gasteiger partial charge in [-0.15, -0.1) is 0 Å². The van der Waals surface area contributed by atoms with Crippen LogP contribution in [0.2, 0.25) is 0 Å². The first-order valence-electron chi connectivity index (χ1n) is 13.0. The van der Waals surface area contributed by atoms with Gasteiger partial charge in [0.05, 0.1) is 17.1 Å². The van der Waals surface area contributed by atoms with Crippen LogP contribution in [0.25, 0.3) is 53.9 Å². The molecule has 0 aliphatic heterocycles. The highest BCUT2D eigenvalue weighted by Gasteiger charge is 2.23. The smallest absolute Gasteiger partial charge is 0.128 e. The van der Waals surface area contributed by atoms with Crippen molar-refractivity contribution in [3.8, 4) is 0 Å². The van der Waals surface area contributed by atoms with Crippen LogP contribution in [0.15, 0.2) is 127 Å². The van der Waals surface area contributed by atoms with Crippen LogP contribution in [0.1, 0.15) is 0 Å². The zero-order chi connectivity index (χ0) is 26.1. The second-order valence-corrected chi connectivity index (χ2v) is 10.1. The normalized spacial score (nSPS) is 11.8. The van der Waals surface area contributed by atoms with Gasteiger partial charge < -0.3 is 4.90 Å². The summed E-state index contributed by atoms with van der Waals surface area (Å²) in [7, 11) is 0. The summed E-state index contributed by atoms with van der Waals surface area (Å²) in [6.45, 7) is 0. The zero-order valence-electron chi connectivity index (χ0n) is 20.8. The molecule has 0 saturated carbocycles. The maximum Gasteiger partial charge on any atom is 0.128 e. The third kappa shape index (κ3) is 3.30. The lowest BCUT2D eigenvalue weighted by Crippen LogP contribution is -2.12. The number of halogens is 2. The third-order valence-electron chi connectivity index (χ3n) is 7.82. The van der Waals surface area contributed by atoms with E-state index in [2.05, 4.69) is 84.9 Å². The van der Waals surface area contributed by atoms with Gasteiger partial charge in [0.1, 0.15) is 11.6 Å². The summed E-state index contributed by atoms with van der Waals surface area (Å²) in [6.07, 6.45) is 0. The molecular formula is C36H21F2N. The largest absolute Gasteiger partial charge is 0.308 e. The van der Waals surface area contributed by atoms with Gasteiger partial charge in [0.15, 0.2) is 0 Å². The van der Waals surface area contributed by atoms with E-state index in [0.29, 0.717) is 5.69 Å². The molecule has 0 amide bonds. The topological polar surface area (TPSA) is 3.24 Å². The molecule has 0 fully saturated rings. The van der Waals surface area contributed by atoms with Crippen LogP contribution in [0.4, 0.5) is 25.8 Å². The van der Waals surface area contributed by atoms with Gasteiger partial charge in [0.25, 0.3) is 0 Å². The lowest BCUT2D eigenvalue weighted by atomic mass is 9.92. The molecule has 1 nitrogen and oxygen atoms in total. The van der Waals surface area contributed by atoms with Gasteiger partial charge in [-0.05, 0) is 62.0 Å². The second-order valence-electron chi connectivity index (χ2n) is 10.1. The highest BCUT2D eigenvalue weighted by atomic mass is 19.1. The molecule has 0 N–H and O–H groups in total. The molecule has 0 heterocycles. The Bertz CT molecular complexity index is 2130. The third-order valence-corrected chi connectivity index (χ3v) is 7.82. The molecule has 39 heavy (non-hydrogen) atoms. The first-order chi connectivity index (χ1) is 19.2. The molecule has 0 aliphatic rings. The fourth-order valence-corrected chi connectivity index (χ4v) is 6.20. The van der Waals surface area contributed by atoms with E-state index in [4.69, 9.17) is 0 Å². The van der Waals surface area contributed by atoms with Crippen molar-refractivity contribution in [2.75, 3.05) is 4.90 Å². The van der Waals surface area contributed by atoms with Crippen LogP contribution in [0.3, 0.4) is 0 Å². The van der Waals surface area contributed by atoms with Crippen LogP contribution in [0.5, 0.6) is 0 Å². The average molecular weight is 506 g/mol. The summed E-state index contributed by atoms with van der Waals surface area (Å²) < 4.78 is 29.6. The lowest BCUT2D eigenvalue weighted by Gasteiger charge is -2.30. The maximum atomic E-state index is 14.8. The lowest BCUT2D eigenvalue weighted by molar-refractivity contribution is 0.584. The minimum Gasteiger partial charge on any atom is -0.308 e. The van der Waals surface area contributed by atoms with E-state index in [0.717, 1.165) is 55.1 Å². The molecule has 8 aromatic rings. The monoisotopic (exact) mass is 505 g/mol. The summed E-state index contributed by atoms with van der Waals surface area (Å²) in [5, 5.41) is 11.0. The van der Waals surface area contributed by atoms with Gasteiger partial charge in [-0.3, -0.25) is 0 Å². The molecule has 0 spiro atoms. The Morgan fingerprint density at radius 2 is 0.949 bits per heavy atom. The molecule has 8 rings (SSSR count). The molecule has 0 aromatic heterocycles. The first kappa shape index (κ1) is 22.0. The molecular weight excluding hydrogens is 484 g/mol. The summed E-state index contributed by atoms with van der Waals surface area (Å²) >= 11 is 0. The van der Waals surface area contributed by atoms with Crippen molar-refractivity contribution in [2.24, 2.45) is 0 Å². The fraction of sp³-hybridized carbons (Fsp3) is 0. The summed E-state index contributed by atoms with van der Waals surface area (Å²) in [5.41, 5.74) is 2.19. The molecule has 3 heteroatoms. The Hall–Kier alpha value is -5.02. The van der Waals surface area contributed by atoms with E-state index in [1.807, 2.05) is 29.2 Å². The fourth-order valence-electron chi connectivity index (χ4n) is 6.20. The van der Waals surface area contributed by atoms with Gasteiger partial charge in [-0.1, -0.05) is 97.1 Å². The number of hydrogen-bond donors (Lipinski definition) is 0. The SMILES string of the molecule is Fc1cc(F)cc(N(c2c3ccccc3cc3ccccc23)c2ccc3ccc4cccc5ccc2c3c45)c1. The summed E-state index contributed by atoms with van der Waals surface area (Å²) in [5.74, 6) is -1.23. The van der Waals surface area contributed by atoms with Crippen LogP contribution >= 0.6 is 0 Å². The van der Waals surface area contributed by atoms with E-state index in [9.17, 15) is 8.78 Å². The van der Waals surface area contributed by atoms with Gasteiger partial charge >= 0.3 is 0 Å². The summed E-state index contributed by atoms with van der Waals surface area (Å²) in [6, 6.07) is 41.4. The molecule has 0 atom stereocenters. The van der Waals surface area contributed by atoms with Gasteiger partial charge in [-0.25, -0.2) is 8.78 Å². The van der Waals surface area contributed by atoms with Crippen LogP contribution in [0, 0.1) is 11.6 Å². The van der Waals surface area contributed by atoms with Crippen LogP contribution < -0.4 is 4.90 Å². The highest BCUT2D eigenvalue weighted by Crippen LogP contribution is 2.48. The van der Waals surface area contributed by atoms with Crippen LogP contribution in [-0.2, 0) is 0 Å². The van der Waals surface area contributed by atoms with Crippen molar-refractivity contribution in [1.29, 1.82) is 0 Å². The van der Waals surface area contributed by atoms with E-state index in [1.165, 1.54) is 28.3 Å². The molecule has 8 aromatic carbocycles. The second kappa shape index (κ2) is 8.24. The van der Waals surface area contributed by atoms with Crippen molar-refractivity contribution in [3.05, 3.63) is 139 Å². The quantitative estimate of drug-likeness (QED) is 0.170. The van der Waals surface area contributed by atoms with E-state index >= 15 is 0 Å². The predicted octanol–water partition coefficient (Wildman–Crippen LogP) is 10.6. The Morgan fingerprint density at radius 3 is 1.62 bits per heavy atom. The van der Waals surface area contributed by atoms with Crippen molar-refractivity contribution >= 4 is 70.9 Å². The van der Waals surface area contributed by atoms with Gasteiger partial charge in [0, 0.05) is 22.2 Å². The average Bonchev–Trinajstić information content (AvgIpc) is 2.96. The van der Waals surface area contributed by atoms with Crippen molar-refractivity contribution in [3.63, 3.8) is 0 Å². The number of benzene rings is 8. The van der Waals surface area contributed by atoms with Crippen LogP contribution in [-0.4, -0.2) is 0 Å². The van der Waals surface area contributed by atoms with Crippen molar-refractivity contribution in [1.82, 2.24) is 0 Å². The first-order valence-corrected chi connectivity index (χ1v) is 13.0. The molecule has 184 valence electrons. The Labute approximate surface area is 223 Å². The number of nitrogens with zero attached hydrogens (tertiary/aromatic N) is 1. The molecule has 0 saturated heterocycles. The molecule has 0 bridgehead atoms. The number of rotatable bonds is 3. The number of hydrogen-bond acceptors (Lipinski definition) is 1. The van der Waals surface area contributed by atoms with E-state index < -0.39 is 11.6 Å². The maximum absolute atomic E-state index is 14.8. The minimum atomic E-state index is -0.614. The van der Waals surface area contributed by atoms with Gasteiger partial charge in [0.2, 0.25) is 0 Å². The minimum absolute atomic E-state index is 0.434. The summed E-state index contributed by atoms with van der Waals surface area (Å²) in [4.78, 5) is 2.03. The number of anilines is 3. The predicted molar refractivity (Wildman–Crippen MR) is 160 cm³/mol. The zero-order valence-corrected chi connectivity index (χ0v) is 20.8. The molecule has 0 aliphatic carbocycles. The molecule has 0 unspecified atom stereocenters. The standard InChI is InChI=1S/C36H21F2N/c37-27-19-28(38)21-29(20-27)39(36-30-10-3-1-6-25(30)18-26-7-2-4-11-31(26)36)33-17-15-24-13-12-22-8-5-9-23-14-16-32(33)35(24)34(22)23/h1-21H. The molecule has 0 radical (unpaired) electrons. The Kier molecular flexibility index (Phi) is 4.65. The van der Waals surface area contributed by atoms with E-state index in [1.54, 1.807) is 0 Å².